The standard InChI is InChI=1S/C13H9BrN2OS2/c14-9-3-1-8(2-4-9)7-19-13-15-11(17)10-5-6-18-12(10)16-13/h1-6H,7H2,(H,15,16,17). The molecule has 0 atom stereocenters. The molecule has 96 valence electrons. The van der Waals surface area contributed by atoms with Gasteiger partial charge >= 0.3 is 0 Å². The maximum atomic E-state index is 11.8. The quantitative estimate of drug-likeness (QED) is 0.571. The lowest BCUT2D eigenvalue weighted by Crippen LogP contribution is -2.07. The topological polar surface area (TPSA) is 45.8 Å². The van der Waals surface area contributed by atoms with E-state index in [4.69, 9.17) is 0 Å². The summed E-state index contributed by atoms with van der Waals surface area (Å²) in [4.78, 5) is 19.9. The molecule has 0 aliphatic rings. The van der Waals surface area contributed by atoms with Gasteiger partial charge in [0.15, 0.2) is 5.16 Å². The van der Waals surface area contributed by atoms with E-state index in [1.807, 2.05) is 17.5 Å². The normalized spacial score (nSPS) is 11.0. The van der Waals surface area contributed by atoms with Gasteiger partial charge in [0.1, 0.15) is 4.83 Å². The molecule has 0 aliphatic heterocycles. The summed E-state index contributed by atoms with van der Waals surface area (Å²) in [6, 6.07) is 9.93. The van der Waals surface area contributed by atoms with Gasteiger partial charge in [-0.05, 0) is 29.1 Å². The Bertz CT molecular complexity index is 764. The van der Waals surface area contributed by atoms with Crippen LogP contribution in [0.15, 0.2) is 50.1 Å². The van der Waals surface area contributed by atoms with Gasteiger partial charge in [-0.25, -0.2) is 4.98 Å². The van der Waals surface area contributed by atoms with Crippen LogP contribution in [0.4, 0.5) is 0 Å². The smallest absolute Gasteiger partial charge is 0.260 e. The minimum absolute atomic E-state index is 0.0652. The Balaban J connectivity index is 1.81. The van der Waals surface area contributed by atoms with Gasteiger partial charge in [-0.1, -0.05) is 39.8 Å². The van der Waals surface area contributed by atoms with Crippen molar-refractivity contribution < 1.29 is 0 Å². The number of aromatic amines is 1. The van der Waals surface area contributed by atoms with Crippen molar-refractivity contribution in [2.24, 2.45) is 0 Å². The second kappa shape index (κ2) is 5.48. The van der Waals surface area contributed by atoms with Crippen LogP contribution in [0.25, 0.3) is 10.2 Å². The number of H-pyrrole nitrogens is 1. The predicted octanol–water partition coefficient (Wildman–Crippen LogP) is 4.04. The van der Waals surface area contributed by atoms with Gasteiger partial charge in [0.25, 0.3) is 5.56 Å². The van der Waals surface area contributed by atoms with Gasteiger partial charge in [-0.3, -0.25) is 4.79 Å². The fourth-order valence-electron chi connectivity index (χ4n) is 1.65. The minimum atomic E-state index is -0.0652. The number of rotatable bonds is 3. The third kappa shape index (κ3) is 2.91. The van der Waals surface area contributed by atoms with Gasteiger partial charge < -0.3 is 4.98 Å². The average molecular weight is 353 g/mol. The number of aromatic nitrogens is 2. The minimum Gasteiger partial charge on any atom is -0.301 e. The van der Waals surface area contributed by atoms with Crippen LogP contribution in [0.3, 0.4) is 0 Å². The molecule has 2 heterocycles. The molecule has 0 amide bonds. The highest BCUT2D eigenvalue weighted by atomic mass is 79.9. The molecule has 2 aromatic heterocycles. The highest BCUT2D eigenvalue weighted by molar-refractivity contribution is 9.10. The number of thioether (sulfide) groups is 1. The van der Waals surface area contributed by atoms with E-state index >= 15 is 0 Å². The Morgan fingerprint density at radius 1 is 1.26 bits per heavy atom. The second-order valence-electron chi connectivity index (χ2n) is 3.93. The summed E-state index contributed by atoms with van der Waals surface area (Å²) in [6.45, 7) is 0. The molecule has 1 aromatic carbocycles. The Hall–Kier alpha value is -1.11. The summed E-state index contributed by atoms with van der Waals surface area (Å²) >= 11 is 6.43. The van der Waals surface area contributed by atoms with Crippen LogP contribution >= 0.6 is 39.0 Å². The fraction of sp³-hybridized carbons (Fsp3) is 0.0769. The molecule has 0 saturated heterocycles. The van der Waals surface area contributed by atoms with Crippen molar-refractivity contribution in [1.29, 1.82) is 0 Å². The largest absolute Gasteiger partial charge is 0.301 e. The molecule has 0 bridgehead atoms. The number of fused-ring (bicyclic) bond motifs is 1. The van der Waals surface area contributed by atoms with E-state index in [9.17, 15) is 4.79 Å². The van der Waals surface area contributed by atoms with Crippen LogP contribution < -0.4 is 5.56 Å². The number of benzene rings is 1. The highest BCUT2D eigenvalue weighted by Gasteiger charge is 2.05. The maximum Gasteiger partial charge on any atom is 0.260 e. The lowest BCUT2D eigenvalue weighted by atomic mass is 10.2. The molecule has 3 rings (SSSR count). The van der Waals surface area contributed by atoms with Crippen molar-refractivity contribution in [2.75, 3.05) is 0 Å². The number of thiophene rings is 1. The predicted molar refractivity (Wildman–Crippen MR) is 83.9 cm³/mol. The van der Waals surface area contributed by atoms with E-state index in [2.05, 4.69) is 38.0 Å². The van der Waals surface area contributed by atoms with Gasteiger partial charge in [-0.15, -0.1) is 11.3 Å². The summed E-state index contributed by atoms with van der Waals surface area (Å²) in [6.07, 6.45) is 0. The molecule has 0 aliphatic carbocycles. The van der Waals surface area contributed by atoms with E-state index in [0.717, 1.165) is 15.1 Å². The summed E-state index contributed by atoms with van der Waals surface area (Å²) in [5.41, 5.74) is 1.13. The van der Waals surface area contributed by atoms with Crippen LogP contribution in [0.5, 0.6) is 0 Å². The summed E-state index contributed by atoms with van der Waals surface area (Å²) < 4.78 is 1.06. The molecule has 0 fully saturated rings. The molecule has 3 nitrogen and oxygen atoms in total. The molecule has 0 spiro atoms. The Kier molecular flexibility index (Phi) is 3.72. The number of hydrogen-bond donors (Lipinski definition) is 1. The zero-order valence-corrected chi connectivity index (χ0v) is 12.9. The van der Waals surface area contributed by atoms with E-state index in [0.29, 0.717) is 10.5 Å². The Morgan fingerprint density at radius 2 is 2.05 bits per heavy atom. The highest BCUT2D eigenvalue weighted by Crippen LogP contribution is 2.22. The van der Waals surface area contributed by atoms with Gasteiger partial charge in [0.05, 0.1) is 5.39 Å². The van der Waals surface area contributed by atoms with E-state index in [1.165, 1.54) is 28.7 Å². The van der Waals surface area contributed by atoms with Crippen LogP contribution in [0.1, 0.15) is 5.56 Å². The third-order valence-corrected chi connectivity index (χ3v) is 4.88. The second-order valence-corrected chi connectivity index (χ2v) is 6.70. The number of hydrogen-bond acceptors (Lipinski definition) is 4. The van der Waals surface area contributed by atoms with E-state index < -0.39 is 0 Å². The molecule has 0 saturated carbocycles. The van der Waals surface area contributed by atoms with Crippen molar-refractivity contribution in [2.45, 2.75) is 10.9 Å². The molecular formula is C13H9BrN2OS2. The van der Waals surface area contributed by atoms with Gasteiger partial charge in [0.2, 0.25) is 0 Å². The van der Waals surface area contributed by atoms with Gasteiger partial charge in [0, 0.05) is 10.2 Å². The third-order valence-electron chi connectivity index (χ3n) is 2.60. The van der Waals surface area contributed by atoms with Gasteiger partial charge in [-0.2, -0.15) is 0 Å². The lowest BCUT2D eigenvalue weighted by Gasteiger charge is -2.01. The Morgan fingerprint density at radius 3 is 2.84 bits per heavy atom. The van der Waals surface area contributed by atoms with Crippen molar-refractivity contribution in [3.63, 3.8) is 0 Å². The fourth-order valence-corrected chi connectivity index (χ4v) is 3.55. The van der Waals surface area contributed by atoms with Crippen LogP contribution in [0.2, 0.25) is 0 Å². The number of nitrogens with zero attached hydrogens (tertiary/aromatic N) is 1. The lowest BCUT2D eigenvalue weighted by molar-refractivity contribution is 0.979. The summed E-state index contributed by atoms with van der Waals surface area (Å²) in [7, 11) is 0. The molecule has 0 radical (unpaired) electrons. The van der Waals surface area contributed by atoms with E-state index in [-0.39, 0.29) is 5.56 Å². The molecular weight excluding hydrogens is 344 g/mol. The first kappa shape index (κ1) is 12.9. The molecule has 1 N–H and O–H groups in total. The average Bonchev–Trinajstić information content (AvgIpc) is 2.87. The zero-order valence-electron chi connectivity index (χ0n) is 9.72. The summed E-state index contributed by atoms with van der Waals surface area (Å²) in [5, 5.41) is 3.22. The summed E-state index contributed by atoms with van der Waals surface area (Å²) in [5.74, 6) is 0.785. The van der Waals surface area contributed by atoms with Crippen molar-refractivity contribution in [3.8, 4) is 0 Å². The van der Waals surface area contributed by atoms with Crippen LogP contribution in [-0.2, 0) is 5.75 Å². The number of nitrogens with one attached hydrogen (secondary N) is 1. The molecule has 6 heteroatoms. The monoisotopic (exact) mass is 352 g/mol. The number of halogens is 1. The molecule has 19 heavy (non-hydrogen) atoms. The molecule has 3 aromatic rings. The first-order valence-corrected chi connectivity index (χ1v) is 8.23. The van der Waals surface area contributed by atoms with Crippen molar-refractivity contribution in [1.82, 2.24) is 9.97 Å². The van der Waals surface area contributed by atoms with Crippen LogP contribution in [0, 0.1) is 0 Å². The maximum absolute atomic E-state index is 11.8. The first-order chi connectivity index (χ1) is 9.22. The van der Waals surface area contributed by atoms with Crippen molar-refractivity contribution >= 4 is 49.2 Å². The Labute approximate surface area is 126 Å². The molecule has 0 unspecified atom stereocenters. The van der Waals surface area contributed by atoms with Crippen LogP contribution in [-0.4, -0.2) is 9.97 Å². The van der Waals surface area contributed by atoms with E-state index in [1.54, 1.807) is 6.07 Å². The zero-order chi connectivity index (χ0) is 13.2. The van der Waals surface area contributed by atoms with Crippen molar-refractivity contribution in [3.05, 3.63) is 56.1 Å². The first-order valence-electron chi connectivity index (χ1n) is 5.57. The SMILES string of the molecule is O=c1[nH]c(SCc2ccc(Br)cc2)nc2sccc12.